The highest BCUT2D eigenvalue weighted by Crippen LogP contribution is 2.27. The third-order valence-corrected chi connectivity index (χ3v) is 3.76. The van der Waals surface area contributed by atoms with E-state index in [9.17, 15) is 4.79 Å². The molecule has 1 atom stereocenters. The van der Waals surface area contributed by atoms with Crippen molar-refractivity contribution < 1.29 is 4.79 Å². The maximum atomic E-state index is 11.2. The SMILES string of the molecule is CC1NC(=O)NN=C1c1ccc2c(c1)CCCN2C. The summed E-state index contributed by atoms with van der Waals surface area (Å²) in [6.45, 7) is 3.06. The van der Waals surface area contributed by atoms with Crippen LogP contribution in [0.5, 0.6) is 0 Å². The molecule has 0 aromatic heterocycles. The van der Waals surface area contributed by atoms with Gasteiger partial charge in [0.2, 0.25) is 0 Å². The van der Waals surface area contributed by atoms with Crippen molar-refractivity contribution in [3.8, 4) is 0 Å². The second kappa shape index (κ2) is 4.57. The summed E-state index contributed by atoms with van der Waals surface area (Å²) >= 11 is 0. The maximum Gasteiger partial charge on any atom is 0.335 e. The Morgan fingerprint density at radius 1 is 1.42 bits per heavy atom. The molecule has 0 saturated carbocycles. The summed E-state index contributed by atoms with van der Waals surface area (Å²) in [6, 6.07) is 6.12. The molecular formula is C14H18N4O. The molecule has 2 amide bonds. The molecular weight excluding hydrogens is 240 g/mol. The molecule has 2 aliphatic rings. The summed E-state index contributed by atoms with van der Waals surface area (Å²) < 4.78 is 0. The molecule has 5 heteroatoms. The summed E-state index contributed by atoms with van der Waals surface area (Å²) in [6.07, 6.45) is 2.29. The van der Waals surface area contributed by atoms with Crippen molar-refractivity contribution in [3.63, 3.8) is 0 Å². The second-order valence-corrected chi connectivity index (χ2v) is 5.17. The van der Waals surface area contributed by atoms with Crippen molar-refractivity contribution >= 4 is 17.4 Å². The van der Waals surface area contributed by atoms with E-state index in [1.807, 2.05) is 6.92 Å². The Bertz CT molecular complexity index is 552. The number of benzene rings is 1. The number of nitrogens with zero attached hydrogens (tertiary/aromatic N) is 2. The average Bonchev–Trinajstić information content (AvgIpc) is 2.38. The fourth-order valence-corrected chi connectivity index (χ4v) is 2.76. The van der Waals surface area contributed by atoms with Crippen LogP contribution in [0.2, 0.25) is 0 Å². The molecule has 0 spiro atoms. The van der Waals surface area contributed by atoms with Crippen LogP contribution in [-0.2, 0) is 6.42 Å². The van der Waals surface area contributed by atoms with Crippen molar-refractivity contribution in [1.82, 2.24) is 10.7 Å². The van der Waals surface area contributed by atoms with Crippen LogP contribution in [0.15, 0.2) is 23.3 Å². The van der Waals surface area contributed by atoms with Crippen LogP contribution in [0.3, 0.4) is 0 Å². The minimum Gasteiger partial charge on any atom is -0.374 e. The molecule has 2 aliphatic heterocycles. The van der Waals surface area contributed by atoms with Gasteiger partial charge in [-0.05, 0) is 37.5 Å². The summed E-state index contributed by atoms with van der Waals surface area (Å²) in [7, 11) is 2.13. The summed E-state index contributed by atoms with van der Waals surface area (Å²) in [5.74, 6) is 0. The van der Waals surface area contributed by atoms with Gasteiger partial charge < -0.3 is 10.2 Å². The van der Waals surface area contributed by atoms with Gasteiger partial charge in [0.25, 0.3) is 0 Å². The number of hydrogen-bond acceptors (Lipinski definition) is 3. The van der Waals surface area contributed by atoms with E-state index in [2.05, 4.69) is 46.0 Å². The molecule has 5 nitrogen and oxygen atoms in total. The number of hydrogen-bond donors (Lipinski definition) is 2. The van der Waals surface area contributed by atoms with Crippen molar-refractivity contribution in [2.24, 2.45) is 5.10 Å². The smallest absolute Gasteiger partial charge is 0.335 e. The number of fused-ring (bicyclic) bond motifs is 1. The number of amides is 2. The molecule has 2 N–H and O–H groups in total. The number of carbonyl (C=O) groups excluding carboxylic acids is 1. The maximum absolute atomic E-state index is 11.2. The van der Waals surface area contributed by atoms with Gasteiger partial charge in [0.15, 0.2) is 0 Å². The van der Waals surface area contributed by atoms with Gasteiger partial charge in [-0.25, -0.2) is 10.2 Å². The van der Waals surface area contributed by atoms with Gasteiger partial charge in [-0.3, -0.25) is 0 Å². The number of aryl methyl sites for hydroxylation is 1. The summed E-state index contributed by atoms with van der Waals surface area (Å²) in [5, 5.41) is 7.00. The van der Waals surface area contributed by atoms with E-state index in [1.54, 1.807) is 0 Å². The van der Waals surface area contributed by atoms with Gasteiger partial charge in [-0.15, -0.1) is 0 Å². The first kappa shape index (κ1) is 12.0. The molecule has 3 rings (SSSR count). The predicted molar refractivity (Wildman–Crippen MR) is 75.7 cm³/mol. The van der Waals surface area contributed by atoms with E-state index in [0.29, 0.717) is 0 Å². The monoisotopic (exact) mass is 258 g/mol. The predicted octanol–water partition coefficient (Wildman–Crippen LogP) is 1.47. The van der Waals surface area contributed by atoms with E-state index in [0.717, 1.165) is 24.2 Å². The molecule has 0 radical (unpaired) electrons. The van der Waals surface area contributed by atoms with Gasteiger partial charge in [0.05, 0.1) is 11.8 Å². The third-order valence-electron chi connectivity index (χ3n) is 3.76. The molecule has 1 unspecified atom stereocenters. The van der Waals surface area contributed by atoms with E-state index < -0.39 is 0 Å². The highest BCUT2D eigenvalue weighted by Gasteiger charge is 2.22. The second-order valence-electron chi connectivity index (χ2n) is 5.17. The fourth-order valence-electron chi connectivity index (χ4n) is 2.76. The van der Waals surface area contributed by atoms with Gasteiger partial charge in [-0.1, -0.05) is 6.07 Å². The average molecular weight is 258 g/mol. The van der Waals surface area contributed by atoms with E-state index in [1.165, 1.54) is 17.7 Å². The van der Waals surface area contributed by atoms with Crippen molar-refractivity contribution in [2.45, 2.75) is 25.8 Å². The van der Waals surface area contributed by atoms with Crippen LogP contribution in [0, 0.1) is 0 Å². The zero-order chi connectivity index (χ0) is 13.4. The van der Waals surface area contributed by atoms with Gasteiger partial charge in [-0.2, -0.15) is 5.10 Å². The van der Waals surface area contributed by atoms with E-state index in [4.69, 9.17) is 0 Å². The number of rotatable bonds is 1. The lowest BCUT2D eigenvalue weighted by molar-refractivity contribution is 0.239. The van der Waals surface area contributed by atoms with Crippen LogP contribution in [0.4, 0.5) is 10.5 Å². The van der Waals surface area contributed by atoms with Crippen LogP contribution in [0.1, 0.15) is 24.5 Å². The Balaban J connectivity index is 1.96. The largest absolute Gasteiger partial charge is 0.374 e. The molecule has 1 aromatic rings. The zero-order valence-electron chi connectivity index (χ0n) is 11.2. The molecule has 19 heavy (non-hydrogen) atoms. The highest BCUT2D eigenvalue weighted by atomic mass is 16.2. The fraction of sp³-hybridized carbons (Fsp3) is 0.429. The first-order valence-corrected chi connectivity index (χ1v) is 6.63. The zero-order valence-corrected chi connectivity index (χ0v) is 11.2. The van der Waals surface area contributed by atoms with Crippen LogP contribution in [0.25, 0.3) is 0 Å². The molecule has 0 aliphatic carbocycles. The summed E-state index contributed by atoms with van der Waals surface area (Å²) in [5.41, 5.74) is 7.10. The Hall–Kier alpha value is -2.04. The van der Waals surface area contributed by atoms with Crippen LogP contribution in [-0.4, -0.2) is 31.4 Å². The van der Waals surface area contributed by atoms with Crippen molar-refractivity contribution in [1.29, 1.82) is 0 Å². The lowest BCUT2D eigenvalue weighted by Crippen LogP contribution is -2.48. The number of hydrazone groups is 1. The first-order valence-electron chi connectivity index (χ1n) is 6.63. The quantitative estimate of drug-likeness (QED) is 0.801. The normalized spacial score (nSPS) is 22.2. The Morgan fingerprint density at radius 3 is 3.05 bits per heavy atom. The molecule has 100 valence electrons. The molecule has 0 fully saturated rings. The molecule has 2 heterocycles. The Morgan fingerprint density at radius 2 is 2.26 bits per heavy atom. The number of carbonyl (C=O) groups is 1. The van der Waals surface area contributed by atoms with E-state index >= 15 is 0 Å². The topological polar surface area (TPSA) is 56.7 Å². The van der Waals surface area contributed by atoms with Crippen molar-refractivity contribution in [2.75, 3.05) is 18.5 Å². The lowest BCUT2D eigenvalue weighted by Gasteiger charge is -2.28. The number of anilines is 1. The number of urea groups is 1. The lowest BCUT2D eigenvalue weighted by atomic mass is 9.96. The highest BCUT2D eigenvalue weighted by molar-refractivity contribution is 6.07. The molecule has 0 saturated heterocycles. The minimum absolute atomic E-state index is 0.0619. The molecule has 1 aromatic carbocycles. The van der Waals surface area contributed by atoms with Gasteiger partial charge >= 0.3 is 6.03 Å². The van der Waals surface area contributed by atoms with Crippen LogP contribution < -0.4 is 15.6 Å². The Kier molecular flexibility index (Phi) is 2.89. The third kappa shape index (κ3) is 2.16. The molecule has 0 bridgehead atoms. The Labute approximate surface area is 112 Å². The standard InChI is InChI=1S/C14H18N4O/c1-9-13(16-17-14(19)15-9)11-5-6-12-10(8-11)4-3-7-18(12)2/h5-6,8-9H,3-4,7H2,1-2H3,(H2,15,17,19). The van der Waals surface area contributed by atoms with Gasteiger partial charge in [0.1, 0.15) is 0 Å². The first-order chi connectivity index (χ1) is 9.15. The summed E-state index contributed by atoms with van der Waals surface area (Å²) in [4.78, 5) is 13.5. The van der Waals surface area contributed by atoms with Gasteiger partial charge in [0, 0.05) is 24.8 Å². The van der Waals surface area contributed by atoms with Crippen molar-refractivity contribution in [3.05, 3.63) is 29.3 Å². The number of nitrogens with one attached hydrogen (secondary N) is 2. The van der Waals surface area contributed by atoms with E-state index in [-0.39, 0.29) is 12.1 Å². The minimum atomic E-state index is -0.242. The van der Waals surface area contributed by atoms with Crippen LogP contribution >= 0.6 is 0 Å².